The molecule has 1 N–H and O–H groups in total. The Bertz CT molecular complexity index is 347. The van der Waals surface area contributed by atoms with Gasteiger partial charge in [-0.1, -0.05) is 25.5 Å². The van der Waals surface area contributed by atoms with Crippen molar-refractivity contribution in [1.29, 1.82) is 5.26 Å². The SMILES string of the molecule is CCCC(COC)NCc1ccc(C#N)cc1. The van der Waals surface area contributed by atoms with Gasteiger partial charge in [0.15, 0.2) is 0 Å². The van der Waals surface area contributed by atoms with Crippen molar-refractivity contribution in [1.82, 2.24) is 5.32 Å². The van der Waals surface area contributed by atoms with E-state index in [4.69, 9.17) is 10.00 Å². The fourth-order valence-electron chi connectivity index (χ4n) is 1.75. The molecule has 3 nitrogen and oxygen atoms in total. The van der Waals surface area contributed by atoms with Gasteiger partial charge < -0.3 is 10.1 Å². The maximum Gasteiger partial charge on any atom is 0.0991 e. The van der Waals surface area contributed by atoms with Gasteiger partial charge in [0.2, 0.25) is 0 Å². The smallest absolute Gasteiger partial charge is 0.0991 e. The fourth-order valence-corrected chi connectivity index (χ4v) is 1.75. The van der Waals surface area contributed by atoms with Crippen molar-refractivity contribution in [2.75, 3.05) is 13.7 Å². The van der Waals surface area contributed by atoms with E-state index in [9.17, 15) is 0 Å². The van der Waals surface area contributed by atoms with Crippen LogP contribution in [0.5, 0.6) is 0 Å². The fraction of sp³-hybridized carbons (Fsp3) is 0.500. The molecule has 0 amide bonds. The van der Waals surface area contributed by atoms with Gasteiger partial charge in [0.25, 0.3) is 0 Å². The van der Waals surface area contributed by atoms with Crippen LogP contribution >= 0.6 is 0 Å². The minimum absolute atomic E-state index is 0.403. The molecule has 92 valence electrons. The van der Waals surface area contributed by atoms with Crippen LogP contribution in [0.4, 0.5) is 0 Å². The van der Waals surface area contributed by atoms with Gasteiger partial charge in [-0.3, -0.25) is 0 Å². The molecule has 0 aliphatic carbocycles. The number of hydrogen-bond acceptors (Lipinski definition) is 3. The third-order valence-electron chi connectivity index (χ3n) is 2.68. The molecule has 0 bridgehead atoms. The van der Waals surface area contributed by atoms with Gasteiger partial charge in [0.1, 0.15) is 0 Å². The second-order valence-electron chi connectivity index (χ2n) is 4.13. The van der Waals surface area contributed by atoms with Crippen molar-refractivity contribution in [3.63, 3.8) is 0 Å². The first-order valence-electron chi connectivity index (χ1n) is 6.01. The van der Waals surface area contributed by atoms with Crippen LogP contribution in [0.25, 0.3) is 0 Å². The number of nitrogens with zero attached hydrogens (tertiary/aromatic N) is 1. The second-order valence-corrected chi connectivity index (χ2v) is 4.13. The van der Waals surface area contributed by atoms with E-state index in [1.54, 1.807) is 7.11 Å². The van der Waals surface area contributed by atoms with Crippen LogP contribution in [0.15, 0.2) is 24.3 Å². The molecule has 0 heterocycles. The quantitative estimate of drug-likeness (QED) is 0.785. The van der Waals surface area contributed by atoms with Gasteiger partial charge in [-0.05, 0) is 24.1 Å². The molecule has 0 spiro atoms. The van der Waals surface area contributed by atoms with Crippen molar-refractivity contribution >= 4 is 0 Å². The Morgan fingerprint density at radius 3 is 2.59 bits per heavy atom. The summed E-state index contributed by atoms with van der Waals surface area (Å²) in [7, 11) is 1.73. The van der Waals surface area contributed by atoms with Gasteiger partial charge in [-0.15, -0.1) is 0 Å². The summed E-state index contributed by atoms with van der Waals surface area (Å²) in [6.45, 7) is 3.73. The average Bonchev–Trinajstić information content (AvgIpc) is 2.37. The first kappa shape index (κ1) is 13.7. The Labute approximate surface area is 103 Å². The molecule has 1 rings (SSSR count). The molecule has 0 aromatic heterocycles. The minimum Gasteiger partial charge on any atom is -0.383 e. The molecular weight excluding hydrogens is 212 g/mol. The minimum atomic E-state index is 0.403. The van der Waals surface area contributed by atoms with Gasteiger partial charge in [0.05, 0.1) is 18.2 Å². The van der Waals surface area contributed by atoms with Gasteiger partial charge in [0, 0.05) is 19.7 Å². The first-order chi connectivity index (χ1) is 8.30. The number of methoxy groups -OCH3 is 1. The summed E-state index contributed by atoms with van der Waals surface area (Å²) < 4.78 is 5.18. The summed E-state index contributed by atoms with van der Waals surface area (Å²) in [6, 6.07) is 10.2. The summed E-state index contributed by atoms with van der Waals surface area (Å²) in [5, 5.41) is 12.2. The van der Waals surface area contributed by atoms with Crippen LogP contribution in [-0.4, -0.2) is 19.8 Å². The number of benzene rings is 1. The number of ether oxygens (including phenoxy) is 1. The lowest BCUT2D eigenvalue weighted by Gasteiger charge is -2.17. The summed E-state index contributed by atoms with van der Waals surface area (Å²) in [6.07, 6.45) is 2.26. The highest BCUT2D eigenvalue weighted by Gasteiger charge is 2.06. The molecule has 0 radical (unpaired) electrons. The largest absolute Gasteiger partial charge is 0.383 e. The Kier molecular flexibility index (Phi) is 6.31. The number of rotatable bonds is 7. The highest BCUT2D eigenvalue weighted by molar-refractivity contribution is 5.31. The van der Waals surface area contributed by atoms with Crippen LogP contribution in [-0.2, 0) is 11.3 Å². The molecule has 1 atom stereocenters. The molecule has 3 heteroatoms. The van der Waals surface area contributed by atoms with Crippen molar-refractivity contribution in [3.8, 4) is 6.07 Å². The molecule has 0 aliphatic heterocycles. The van der Waals surface area contributed by atoms with Gasteiger partial charge in [-0.25, -0.2) is 0 Å². The van der Waals surface area contributed by atoms with Crippen LogP contribution < -0.4 is 5.32 Å². The first-order valence-corrected chi connectivity index (χ1v) is 6.01. The van der Waals surface area contributed by atoms with Gasteiger partial charge in [-0.2, -0.15) is 5.26 Å². The van der Waals surface area contributed by atoms with Crippen molar-refractivity contribution in [2.24, 2.45) is 0 Å². The Morgan fingerprint density at radius 1 is 1.35 bits per heavy atom. The highest BCUT2D eigenvalue weighted by atomic mass is 16.5. The third kappa shape index (κ3) is 4.99. The zero-order chi connectivity index (χ0) is 12.5. The molecule has 1 unspecified atom stereocenters. The van der Waals surface area contributed by atoms with Crippen LogP contribution in [0.3, 0.4) is 0 Å². The van der Waals surface area contributed by atoms with E-state index in [2.05, 4.69) is 18.3 Å². The molecule has 0 fully saturated rings. The lowest BCUT2D eigenvalue weighted by molar-refractivity contribution is 0.161. The monoisotopic (exact) mass is 232 g/mol. The summed E-state index contributed by atoms with van der Waals surface area (Å²) in [4.78, 5) is 0. The highest BCUT2D eigenvalue weighted by Crippen LogP contribution is 2.04. The summed E-state index contributed by atoms with van der Waals surface area (Å²) in [5.41, 5.74) is 1.90. The lowest BCUT2D eigenvalue weighted by Crippen LogP contribution is -2.32. The van der Waals surface area contributed by atoms with Gasteiger partial charge >= 0.3 is 0 Å². The van der Waals surface area contributed by atoms with Crippen molar-refractivity contribution in [3.05, 3.63) is 35.4 Å². The predicted molar refractivity (Wildman–Crippen MR) is 68.6 cm³/mol. The number of nitrogens with one attached hydrogen (secondary N) is 1. The molecule has 0 saturated carbocycles. The Hall–Kier alpha value is -1.37. The van der Waals surface area contributed by atoms with Crippen LogP contribution in [0, 0.1) is 11.3 Å². The van der Waals surface area contributed by atoms with Crippen molar-refractivity contribution in [2.45, 2.75) is 32.4 Å². The molecule has 1 aromatic carbocycles. The second kappa shape index (κ2) is 7.83. The maximum atomic E-state index is 8.70. The number of nitriles is 1. The van der Waals surface area contributed by atoms with E-state index < -0.39 is 0 Å². The molecule has 1 aromatic rings. The van der Waals surface area contributed by atoms with E-state index in [0.29, 0.717) is 11.6 Å². The average molecular weight is 232 g/mol. The van der Waals surface area contributed by atoms with E-state index in [1.165, 1.54) is 5.56 Å². The van der Waals surface area contributed by atoms with E-state index in [-0.39, 0.29) is 0 Å². The zero-order valence-electron chi connectivity index (χ0n) is 10.6. The zero-order valence-corrected chi connectivity index (χ0v) is 10.6. The normalized spacial score (nSPS) is 12.1. The molecule has 0 saturated heterocycles. The van der Waals surface area contributed by atoms with Crippen LogP contribution in [0.2, 0.25) is 0 Å². The third-order valence-corrected chi connectivity index (χ3v) is 2.68. The molecule has 0 aliphatic rings. The predicted octanol–water partition coefficient (Wildman–Crippen LogP) is 2.46. The lowest BCUT2D eigenvalue weighted by atomic mass is 10.1. The molecule has 17 heavy (non-hydrogen) atoms. The van der Waals surface area contributed by atoms with E-state index in [1.807, 2.05) is 24.3 Å². The van der Waals surface area contributed by atoms with Crippen molar-refractivity contribution < 1.29 is 4.74 Å². The summed E-state index contributed by atoms with van der Waals surface area (Å²) >= 11 is 0. The number of hydrogen-bond donors (Lipinski definition) is 1. The van der Waals surface area contributed by atoms with E-state index in [0.717, 1.165) is 26.0 Å². The topological polar surface area (TPSA) is 45.0 Å². The van der Waals surface area contributed by atoms with Crippen LogP contribution in [0.1, 0.15) is 30.9 Å². The standard InChI is InChI=1S/C14H20N2O/c1-3-4-14(11-17-2)16-10-13-7-5-12(9-15)6-8-13/h5-8,14,16H,3-4,10-11H2,1-2H3. The maximum absolute atomic E-state index is 8.70. The Balaban J connectivity index is 2.44. The summed E-state index contributed by atoms with van der Waals surface area (Å²) in [5.74, 6) is 0. The Morgan fingerprint density at radius 2 is 2.06 bits per heavy atom. The van der Waals surface area contributed by atoms with E-state index >= 15 is 0 Å². The molecular formula is C14H20N2O.